The molecular weight excluding hydrogens is 314 g/mol. The number of hydrogen-bond donors (Lipinski definition) is 0. The van der Waals surface area contributed by atoms with Gasteiger partial charge in [0.05, 0.1) is 12.8 Å². The van der Waals surface area contributed by atoms with Gasteiger partial charge in [0, 0.05) is 11.6 Å². The van der Waals surface area contributed by atoms with Crippen LogP contribution in [0.2, 0.25) is 5.02 Å². The quantitative estimate of drug-likeness (QED) is 0.765. The van der Waals surface area contributed by atoms with Gasteiger partial charge in [-0.2, -0.15) is 4.31 Å². The molecule has 1 aromatic heterocycles. The molecule has 0 bridgehead atoms. The number of furan rings is 1. The first-order chi connectivity index (χ1) is 9.88. The first kappa shape index (κ1) is 15.8. The van der Waals surface area contributed by atoms with Gasteiger partial charge in [0.15, 0.2) is 12.0 Å². The lowest BCUT2D eigenvalue weighted by molar-refractivity contribution is 0.109. The van der Waals surface area contributed by atoms with Crippen LogP contribution in [0.25, 0.3) is 0 Å². The van der Waals surface area contributed by atoms with Crippen molar-refractivity contribution in [2.24, 2.45) is 0 Å². The SMILES string of the molecule is CS(=O)(=O)N(Cc1ccc(Cl)cc1)Cc1ccc(C=O)o1. The first-order valence-corrected chi connectivity index (χ1v) is 8.34. The van der Waals surface area contributed by atoms with Crippen molar-refractivity contribution in [3.8, 4) is 0 Å². The third kappa shape index (κ3) is 4.42. The largest absolute Gasteiger partial charge is 0.457 e. The van der Waals surface area contributed by atoms with Crippen LogP contribution in [-0.4, -0.2) is 25.3 Å². The van der Waals surface area contributed by atoms with Crippen LogP contribution in [0, 0.1) is 0 Å². The molecule has 7 heteroatoms. The maximum Gasteiger partial charge on any atom is 0.211 e. The molecule has 2 rings (SSSR count). The van der Waals surface area contributed by atoms with E-state index in [1.807, 2.05) is 0 Å². The Morgan fingerprint density at radius 3 is 2.33 bits per heavy atom. The zero-order valence-electron chi connectivity index (χ0n) is 11.3. The average molecular weight is 328 g/mol. The molecule has 0 unspecified atom stereocenters. The Balaban J connectivity index is 2.18. The van der Waals surface area contributed by atoms with Crippen LogP contribution < -0.4 is 0 Å². The van der Waals surface area contributed by atoms with Crippen molar-refractivity contribution in [3.63, 3.8) is 0 Å². The summed E-state index contributed by atoms with van der Waals surface area (Å²) in [7, 11) is -3.42. The van der Waals surface area contributed by atoms with E-state index in [1.165, 1.54) is 10.4 Å². The minimum Gasteiger partial charge on any atom is -0.457 e. The summed E-state index contributed by atoms with van der Waals surface area (Å²) in [4.78, 5) is 10.6. The molecule has 0 saturated carbocycles. The normalized spacial score (nSPS) is 11.8. The predicted octanol–water partition coefficient (Wildman–Crippen LogP) is 2.71. The molecular formula is C14H14ClNO4S. The van der Waals surface area contributed by atoms with E-state index < -0.39 is 10.0 Å². The Morgan fingerprint density at radius 1 is 1.14 bits per heavy atom. The summed E-state index contributed by atoms with van der Waals surface area (Å²) >= 11 is 5.81. The number of halogens is 1. The van der Waals surface area contributed by atoms with E-state index in [9.17, 15) is 13.2 Å². The number of benzene rings is 1. The molecule has 2 aromatic rings. The summed E-state index contributed by atoms with van der Waals surface area (Å²) in [6, 6.07) is 10.0. The van der Waals surface area contributed by atoms with E-state index in [-0.39, 0.29) is 18.8 Å². The third-order valence-electron chi connectivity index (χ3n) is 2.87. The summed E-state index contributed by atoms with van der Waals surface area (Å²) < 4.78 is 30.2. The number of carbonyl (C=O) groups is 1. The van der Waals surface area contributed by atoms with Crippen molar-refractivity contribution in [1.82, 2.24) is 4.31 Å². The molecule has 0 spiro atoms. The highest BCUT2D eigenvalue weighted by atomic mass is 35.5. The molecule has 0 aliphatic carbocycles. The third-order valence-corrected chi connectivity index (χ3v) is 4.32. The highest BCUT2D eigenvalue weighted by Crippen LogP contribution is 2.17. The number of aldehydes is 1. The van der Waals surface area contributed by atoms with Gasteiger partial charge in [-0.25, -0.2) is 8.42 Å². The molecule has 0 saturated heterocycles. The molecule has 112 valence electrons. The van der Waals surface area contributed by atoms with Crippen LogP contribution in [0.5, 0.6) is 0 Å². The summed E-state index contributed by atoms with van der Waals surface area (Å²) in [6.07, 6.45) is 1.71. The number of rotatable bonds is 6. The fraction of sp³-hybridized carbons (Fsp3) is 0.214. The fourth-order valence-corrected chi connectivity index (χ4v) is 2.67. The van der Waals surface area contributed by atoms with Gasteiger partial charge in [0.2, 0.25) is 10.0 Å². The fourth-order valence-electron chi connectivity index (χ4n) is 1.80. The van der Waals surface area contributed by atoms with Gasteiger partial charge < -0.3 is 4.42 Å². The molecule has 0 aliphatic rings. The first-order valence-electron chi connectivity index (χ1n) is 6.12. The molecule has 0 aliphatic heterocycles. The lowest BCUT2D eigenvalue weighted by Crippen LogP contribution is -2.28. The second-order valence-electron chi connectivity index (χ2n) is 4.58. The van der Waals surface area contributed by atoms with Gasteiger partial charge in [0.25, 0.3) is 0 Å². The number of nitrogens with zero attached hydrogens (tertiary/aromatic N) is 1. The van der Waals surface area contributed by atoms with E-state index in [0.29, 0.717) is 17.1 Å². The van der Waals surface area contributed by atoms with Gasteiger partial charge in [-0.1, -0.05) is 23.7 Å². The molecule has 1 heterocycles. The Morgan fingerprint density at radius 2 is 1.81 bits per heavy atom. The van der Waals surface area contributed by atoms with Gasteiger partial charge in [0.1, 0.15) is 5.76 Å². The minimum atomic E-state index is -3.42. The van der Waals surface area contributed by atoms with Crippen LogP contribution in [0.4, 0.5) is 0 Å². The summed E-state index contributed by atoms with van der Waals surface area (Å²) in [5.41, 5.74) is 0.812. The lowest BCUT2D eigenvalue weighted by Gasteiger charge is -2.18. The molecule has 0 N–H and O–H groups in total. The predicted molar refractivity (Wildman–Crippen MR) is 79.6 cm³/mol. The monoisotopic (exact) mass is 327 g/mol. The topological polar surface area (TPSA) is 67.6 Å². The molecule has 5 nitrogen and oxygen atoms in total. The van der Waals surface area contributed by atoms with Crippen molar-refractivity contribution < 1.29 is 17.6 Å². The summed E-state index contributed by atoms with van der Waals surface area (Å²) in [5.74, 6) is 0.585. The smallest absolute Gasteiger partial charge is 0.211 e. The molecule has 0 fully saturated rings. The number of carbonyl (C=O) groups excluding carboxylic acids is 1. The molecule has 21 heavy (non-hydrogen) atoms. The number of hydrogen-bond acceptors (Lipinski definition) is 4. The highest BCUT2D eigenvalue weighted by Gasteiger charge is 2.19. The lowest BCUT2D eigenvalue weighted by atomic mass is 10.2. The van der Waals surface area contributed by atoms with Crippen molar-refractivity contribution in [2.75, 3.05) is 6.26 Å². The van der Waals surface area contributed by atoms with E-state index in [4.69, 9.17) is 16.0 Å². The van der Waals surface area contributed by atoms with Crippen LogP contribution in [0.1, 0.15) is 21.9 Å². The van der Waals surface area contributed by atoms with E-state index in [2.05, 4.69) is 0 Å². The minimum absolute atomic E-state index is 0.0648. The van der Waals surface area contributed by atoms with Crippen molar-refractivity contribution >= 4 is 27.9 Å². The van der Waals surface area contributed by atoms with Gasteiger partial charge in [-0.3, -0.25) is 4.79 Å². The molecule has 0 atom stereocenters. The van der Waals surface area contributed by atoms with Crippen LogP contribution in [-0.2, 0) is 23.1 Å². The van der Waals surface area contributed by atoms with Gasteiger partial charge in [-0.05, 0) is 29.8 Å². The molecule has 0 amide bonds. The summed E-state index contributed by atoms with van der Waals surface area (Å²) in [6.45, 7) is 0.266. The van der Waals surface area contributed by atoms with E-state index in [0.717, 1.165) is 11.8 Å². The van der Waals surface area contributed by atoms with Gasteiger partial charge in [-0.15, -0.1) is 0 Å². The Kier molecular flexibility index (Phi) is 4.82. The average Bonchev–Trinajstić information content (AvgIpc) is 2.87. The van der Waals surface area contributed by atoms with Crippen LogP contribution in [0.3, 0.4) is 0 Å². The second-order valence-corrected chi connectivity index (χ2v) is 7.00. The summed E-state index contributed by atoms with van der Waals surface area (Å²) in [5, 5.41) is 0.589. The standard InChI is InChI=1S/C14H14ClNO4S/c1-21(18,19)16(8-11-2-4-12(15)5-3-11)9-13-6-7-14(10-17)20-13/h2-7,10H,8-9H2,1H3. The Labute approximate surface area is 128 Å². The highest BCUT2D eigenvalue weighted by molar-refractivity contribution is 7.88. The molecule has 0 radical (unpaired) electrons. The van der Waals surface area contributed by atoms with E-state index in [1.54, 1.807) is 30.3 Å². The van der Waals surface area contributed by atoms with Gasteiger partial charge >= 0.3 is 0 Å². The second kappa shape index (κ2) is 6.43. The van der Waals surface area contributed by atoms with E-state index >= 15 is 0 Å². The van der Waals surface area contributed by atoms with Crippen molar-refractivity contribution in [3.05, 3.63) is 58.5 Å². The zero-order valence-corrected chi connectivity index (χ0v) is 12.9. The Hall–Kier alpha value is -1.63. The Bertz CT molecular complexity index is 722. The number of sulfonamides is 1. The molecule has 1 aromatic carbocycles. The van der Waals surface area contributed by atoms with Crippen LogP contribution in [0.15, 0.2) is 40.8 Å². The maximum absolute atomic E-state index is 11.9. The zero-order chi connectivity index (χ0) is 15.5. The van der Waals surface area contributed by atoms with Crippen molar-refractivity contribution in [2.45, 2.75) is 13.1 Å². The maximum atomic E-state index is 11.9. The van der Waals surface area contributed by atoms with Crippen molar-refractivity contribution in [1.29, 1.82) is 0 Å². The van der Waals surface area contributed by atoms with Crippen LogP contribution >= 0.6 is 11.6 Å².